The van der Waals surface area contributed by atoms with E-state index in [0.29, 0.717) is 0 Å². The van der Waals surface area contributed by atoms with E-state index in [-0.39, 0.29) is 20.9 Å². The van der Waals surface area contributed by atoms with Crippen LogP contribution in [0.15, 0.2) is 91.0 Å². The van der Waals surface area contributed by atoms with Gasteiger partial charge in [0.05, 0.1) is 7.92 Å². The molecule has 0 saturated heterocycles. The van der Waals surface area contributed by atoms with Crippen LogP contribution in [0.4, 0.5) is 0 Å². The molecule has 1 radical (unpaired) electrons. The van der Waals surface area contributed by atoms with E-state index >= 15 is 0 Å². The largest absolute Gasteiger partial charge is 1.00 e. The van der Waals surface area contributed by atoms with Crippen LogP contribution in [0.25, 0.3) is 0 Å². The SMILES string of the molecule is [CH-]=O.[H-].[Rh].c1ccc([PH+](c2ccccc2)c2ccccc2)cc1. The summed E-state index contributed by atoms with van der Waals surface area (Å²) in [6, 6.07) is 32.5. The van der Waals surface area contributed by atoms with Crippen LogP contribution in [0.1, 0.15) is 1.43 Å². The molecular weight excluding hydrogens is 378 g/mol. The Kier molecular flexibility index (Phi) is 8.52. The molecule has 0 heterocycles. The number of benzene rings is 3. The van der Waals surface area contributed by atoms with E-state index in [0.717, 1.165) is 0 Å². The molecule has 0 bridgehead atoms. The zero-order valence-electron chi connectivity index (χ0n) is 13.0. The van der Waals surface area contributed by atoms with Crippen LogP contribution in [-0.2, 0) is 24.3 Å². The summed E-state index contributed by atoms with van der Waals surface area (Å²) < 4.78 is 0. The molecule has 22 heavy (non-hydrogen) atoms. The van der Waals surface area contributed by atoms with Crippen molar-refractivity contribution in [3.63, 3.8) is 0 Å². The van der Waals surface area contributed by atoms with E-state index in [1.807, 2.05) is 0 Å². The second-order valence-corrected chi connectivity index (χ2v) is 6.96. The minimum Gasteiger partial charge on any atom is -1.00 e. The fourth-order valence-electron chi connectivity index (χ4n) is 2.31. The standard InChI is InChI=1S/C18H15P.CHO.Rh.H/c1-4-10-16(11-5-1)19(17-12-6-2-7-13-17)18-14-8-3-9-15-18;1-2;;/h1-15H;1H;;/q;-1;;-1/p+1. The molecule has 115 valence electrons. The molecule has 3 heteroatoms. The maximum Gasteiger partial charge on any atom is 0.102 e. The maximum absolute atomic E-state index is 7.75. The molecule has 1 nitrogen and oxygen atoms in total. The fourth-order valence-corrected chi connectivity index (χ4v) is 4.89. The molecule has 0 unspecified atom stereocenters. The van der Waals surface area contributed by atoms with Crippen molar-refractivity contribution in [1.29, 1.82) is 0 Å². The summed E-state index contributed by atoms with van der Waals surface area (Å²) in [5.74, 6) is 0. The summed E-state index contributed by atoms with van der Waals surface area (Å²) in [5.41, 5.74) is 0. The van der Waals surface area contributed by atoms with Crippen LogP contribution in [-0.4, -0.2) is 6.79 Å². The Morgan fingerprint density at radius 2 is 0.773 bits per heavy atom. The van der Waals surface area contributed by atoms with E-state index in [4.69, 9.17) is 4.79 Å². The Balaban J connectivity index is 0.00000117. The van der Waals surface area contributed by atoms with E-state index in [2.05, 4.69) is 97.8 Å². The van der Waals surface area contributed by atoms with Gasteiger partial charge in [-0.25, -0.2) is 0 Å². The molecule has 3 aromatic carbocycles. The topological polar surface area (TPSA) is 17.1 Å². The van der Waals surface area contributed by atoms with E-state index < -0.39 is 7.92 Å². The van der Waals surface area contributed by atoms with Gasteiger partial charge in [0.15, 0.2) is 0 Å². The van der Waals surface area contributed by atoms with E-state index in [1.54, 1.807) is 0 Å². The second kappa shape index (κ2) is 10.2. The first kappa shape index (κ1) is 18.4. The van der Waals surface area contributed by atoms with Gasteiger partial charge in [0.2, 0.25) is 0 Å². The monoisotopic (exact) mass is 396 g/mol. The Hall–Kier alpha value is -1.62. The molecule has 0 aliphatic carbocycles. The molecule has 0 aromatic heterocycles. The quantitative estimate of drug-likeness (QED) is 0.288. The second-order valence-electron chi connectivity index (χ2n) is 4.47. The van der Waals surface area contributed by atoms with Gasteiger partial charge in [0.1, 0.15) is 15.9 Å². The average Bonchev–Trinajstić information content (AvgIpc) is 2.60. The van der Waals surface area contributed by atoms with Gasteiger partial charge >= 0.3 is 0 Å². The minimum atomic E-state index is -0.877. The molecule has 0 fully saturated rings. The zero-order chi connectivity index (χ0) is 14.9. The van der Waals surface area contributed by atoms with Crippen molar-refractivity contribution in [3.05, 3.63) is 91.0 Å². The fraction of sp³-hybridized carbons (Fsp3) is 0. The van der Waals surface area contributed by atoms with Crippen molar-refractivity contribution >= 4 is 30.6 Å². The number of hydrogen-bond acceptors (Lipinski definition) is 1. The smallest absolute Gasteiger partial charge is 0.102 e. The first-order valence-corrected chi connectivity index (χ1v) is 8.22. The van der Waals surface area contributed by atoms with Gasteiger partial charge in [0, 0.05) is 19.5 Å². The van der Waals surface area contributed by atoms with Crippen molar-refractivity contribution in [2.75, 3.05) is 0 Å². The summed E-state index contributed by atoms with van der Waals surface area (Å²) in [4.78, 5) is 7.75. The molecule has 0 amide bonds. The molecule has 0 spiro atoms. The number of carbonyl (C=O) groups excluding carboxylic acids is 1. The molecule has 0 aliphatic rings. The van der Waals surface area contributed by atoms with Crippen molar-refractivity contribution in [2.24, 2.45) is 0 Å². The third kappa shape index (κ3) is 4.70. The van der Waals surface area contributed by atoms with Gasteiger partial charge in [-0.2, -0.15) is 0 Å². The summed E-state index contributed by atoms with van der Waals surface area (Å²) in [7, 11) is -0.877. The van der Waals surface area contributed by atoms with Gasteiger partial charge in [0.25, 0.3) is 0 Å². The first-order valence-electron chi connectivity index (χ1n) is 6.72. The molecule has 0 atom stereocenters. The Bertz CT molecular complexity index is 556. The van der Waals surface area contributed by atoms with Crippen LogP contribution >= 0.6 is 7.92 Å². The summed E-state index contributed by atoms with van der Waals surface area (Å²) in [6.07, 6.45) is 0. The summed E-state index contributed by atoms with van der Waals surface area (Å²) in [5, 5.41) is 4.31. The number of rotatable bonds is 3. The summed E-state index contributed by atoms with van der Waals surface area (Å²) >= 11 is 0. The predicted octanol–water partition coefficient (Wildman–Crippen LogP) is 3.01. The minimum absolute atomic E-state index is 0. The van der Waals surface area contributed by atoms with E-state index in [9.17, 15) is 0 Å². The average molecular weight is 396 g/mol. The molecule has 0 N–H and O–H groups in total. The normalized spacial score (nSPS) is 9.32. The Labute approximate surface area is 147 Å². The maximum atomic E-state index is 7.75. The predicted molar refractivity (Wildman–Crippen MR) is 94.4 cm³/mol. The van der Waals surface area contributed by atoms with Gasteiger partial charge in [-0.05, 0) is 36.4 Å². The molecule has 3 aromatic rings. The molecular formula is C19H18OPRh-. The van der Waals surface area contributed by atoms with Crippen LogP contribution < -0.4 is 15.9 Å². The van der Waals surface area contributed by atoms with Crippen LogP contribution in [0, 0.1) is 0 Å². The van der Waals surface area contributed by atoms with Crippen molar-refractivity contribution in [3.8, 4) is 0 Å². The molecule has 0 saturated carbocycles. The van der Waals surface area contributed by atoms with Gasteiger partial charge in [-0.1, -0.05) is 54.6 Å². The molecule has 3 rings (SSSR count). The van der Waals surface area contributed by atoms with Crippen molar-refractivity contribution in [1.82, 2.24) is 0 Å². The van der Waals surface area contributed by atoms with Gasteiger partial charge in [-0.15, -0.1) is 0 Å². The Morgan fingerprint density at radius 1 is 0.545 bits per heavy atom. The third-order valence-electron chi connectivity index (χ3n) is 3.19. The van der Waals surface area contributed by atoms with Crippen molar-refractivity contribution in [2.45, 2.75) is 0 Å². The van der Waals surface area contributed by atoms with Gasteiger partial charge in [-0.3, -0.25) is 6.79 Å². The summed E-state index contributed by atoms with van der Waals surface area (Å²) in [6.45, 7) is 3.25. The van der Waals surface area contributed by atoms with Crippen molar-refractivity contribution < 1.29 is 25.7 Å². The van der Waals surface area contributed by atoms with Crippen LogP contribution in [0.5, 0.6) is 0 Å². The van der Waals surface area contributed by atoms with Crippen LogP contribution in [0.2, 0.25) is 0 Å². The third-order valence-corrected chi connectivity index (χ3v) is 5.92. The molecule has 0 aliphatic heterocycles. The van der Waals surface area contributed by atoms with Crippen LogP contribution in [0.3, 0.4) is 0 Å². The first-order chi connectivity index (χ1) is 10.4. The van der Waals surface area contributed by atoms with Gasteiger partial charge < -0.3 is 6.22 Å². The van der Waals surface area contributed by atoms with E-state index in [1.165, 1.54) is 15.9 Å². The zero-order valence-corrected chi connectivity index (χ0v) is 14.6. The number of hydrogen-bond donors (Lipinski definition) is 0. The Morgan fingerprint density at radius 3 is 1.00 bits per heavy atom.